The molecule has 1 aliphatic heterocycles. The van der Waals surface area contributed by atoms with Gasteiger partial charge in [0.25, 0.3) is 0 Å². The number of nitrogens with zero attached hydrogens (tertiary/aromatic N) is 2. The zero-order valence-electron chi connectivity index (χ0n) is 11.6. The van der Waals surface area contributed by atoms with Crippen molar-refractivity contribution in [1.82, 2.24) is 15.3 Å². The Hall–Kier alpha value is -1.79. The lowest BCUT2D eigenvalue weighted by molar-refractivity contribution is 0.133. The lowest BCUT2D eigenvalue weighted by Crippen LogP contribution is -2.23. The predicted molar refractivity (Wildman–Crippen MR) is 77.7 cm³/mol. The molecular weight excluding hydrogens is 312 g/mol. The van der Waals surface area contributed by atoms with Crippen molar-refractivity contribution in [3.63, 3.8) is 0 Å². The first kappa shape index (κ1) is 15.1. The van der Waals surface area contributed by atoms with Crippen molar-refractivity contribution in [1.29, 1.82) is 0 Å². The summed E-state index contributed by atoms with van der Waals surface area (Å²) in [6.45, 7) is 1.54. The first-order chi connectivity index (χ1) is 10.7. The largest absolute Gasteiger partial charge is 0.479 e. The van der Waals surface area contributed by atoms with Crippen LogP contribution in [0.4, 0.5) is 8.78 Å². The summed E-state index contributed by atoms with van der Waals surface area (Å²) in [6, 6.07) is 1.97. The standard InChI is InChI=1S/C15H14ClF2N3O/c16-13-10(17)1-2-11(18)15(13)22-14(9-3-4-19-7-9)12-8-20-5-6-21-12/h1-2,5-6,8-9,14,19H,3-4,7H2/t9?,14-/m0/s1. The van der Waals surface area contributed by atoms with Gasteiger partial charge in [-0.3, -0.25) is 9.97 Å². The molecule has 0 aliphatic carbocycles. The molecule has 0 spiro atoms. The van der Waals surface area contributed by atoms with E-state index in [0.29, 0.717) is 12.2 Å². The fraction of sp³-hybridized carbons (Fsp3) is 0.333. The highest BCUT2D eigenvalue weighted by Gasteiger charge is 2.31. The van der Waals surface area contributed by atoms with Crippen LogP contribution in [0.1, 0.15) is 18.2 Å². The van der Waals surface area contributed by atoms with E-state index in [9.17, 15) is 8.78 Å². The Morgan fingerprint density at radius 2 is 2.09 bits per heavy atom. The Balaban J connectivity index is 1.95. The normalized spacial score (nSPS) is 19.1. The van der Waals surface area contributed by atoms with Gasteiger partial charge in [-0.1, -0.05) is 11.6 Å². The maximum Gasteiger partial charge on any atom is 0.177 e. The number of benzene rings is 1. The van der Waals surface area contributed by atoms with Gasteiger partial charge >= 0.3 is 0 Å². The van der Waals surface area contributed by atoms with Crippen LogP contribution in [0.5, 0.6) is 5.75 Å². The number of hydrogen-bond donors (Lipinski definition) is 1. The van der Waals surface area contributed by atoms with Gasteiger partial charge < -0.3 is 10.1 Å². The molecule has 1 aromatic carbocycles. The first-order valence-electron chi connectivity index (χ1n) is 6.93. The number of aromatic nitrogens is 2. The molecule has 22 heavy (non-hydrogen) atoms. The lowest BCUT2D eigenvalue weighted by atomic mass is 9.99. The first-order valence-corrected chi connectivity index (χ1v) is 7.31. The number of halogens is 3. The molecule has 116 valence electrons. The van der Waals surface area contributed by atoms with Crippen molar-refractivity contribution in [2.45, 2.75) is 12.5 Å². The average Bonchev–Trinajstić information content (AvgIpc) is 3.06. The van der Waals surface area contributed by atoms with Crippen molar-refractivity contribution in [3.05, 3.63) is 53.1 Å². The second-order valence-corrected chi connectivity index (χ2v) is 5.47. The summed E-state index contributed by atoms with van der Waals surface area (Å²) in [4.78, 5) is 8.24. The number of hydrogen-bond acceptors (Lipinski definition) is 4. The predicted octanol–water partition coefficient (Wildman–Crippen LogP) is 3.14. The maximum absolute atomic E-state index is 14.0. The molecule has 2 heterocycles. The van der Waals surface area contributed by atoms with E-state index in [1.807, 2.05) is 0 Å². The van der Waals surface area contributed by atoms with Crippen LogP contribution < -0.4 is 10.1 Å². The number of ether oxygens (including phenoxy) is 1. The van der Waals surface area contributed by atoms with Crippen LogP contribution in [0.3, 0.4) is 0 Å². The van der Waals surface area contributed by atoms with Crippen LogP contribution in [-0.4, -0.2) is 23.1 Å². The van der Waals surface area contributed by atoms with Crippen molar-refractivity contribution < 1.29 is 13.5 Å². The topological polar surface area (TPSA) is 47.0 Å². The zero-order valence-corrected chi connectivity index (χ0v) is 12.4. The molecule has 1 fully saturated rings. The highest BCUT2D eigenvalue weighted by atomic mass is 35.5. The maximum atomic E-state index is 14.0. The van der Waals surface area contributed by atoms with Gasteiger partial charge in [-0.2, -0.15) is 0 Å². The molecule has 1 saturated heterocycles. The second-order valence-electron chi connectivity index (χ2n) is 5.09. The summed E-state index contributed by atoms with van der Waals surface area (Å²) >= 11 is 5.85. The minimum Gasteiger partial charge on any atom is -0.479 e. The molecule has 0 radical (unpaired) electrons. The van der Waals surface area contributed by atoms with Crippen LogP contribution >= 0.6 is 11.6 Å². The van der Waals surface area contributed by atoms with Crippen molar-refractivity contribution >= 4 is 11.6 Å². The van der Waals surface area contributed by atoms with Gasteiger partial charge in [-0.05, 0) is 25.1 Å². The fourth-order valence-corrected chi connectivity index (χ4v) is 2.73. The van der Waals surface area contributed by atoms with Gasteiger partial charge in [-0.15, -0.1) is 0 Å². The van der Waals surface area contributed by atoms with E-state index in [0.717, 1.165) is 25.1 Å². The molecule has 1 N–H and O–H groups in total. The Morgan fingerprint density at radius 1 is 1.27 bits per heavy atom. The third kappa shape index (κ3) is 3.03. The van der Waals surface area contributed by atoms with Crippen LogP contribution in [0, 0.1) is 17.6 Å². The minimum absolute atomic E-state index is 0.0791. The molecule has 7 heteroatoms. The fourth-order valence-electron chi connectivity index (χ4n) is 2.53. The second kappa shape index (κ2) is 6.54. The van der Waals surface area contributed by atoms with E-state index >= 15 is 0 Å². The van der Waals surface area contributed by atoms with E-state index < -0.39 is 17.7 Å². The molecule has 3 rings (SSSR count). The quantitative estimate of drug-likeness (QED) is 0.877. The summed E-state index contributed by atoms with van der Waals surface area (Å²) in [7, 11) is 0. The van der Waals surface area contributed by atoms with Gasteiger partial charge in [0.2, 0.25) is 0 Å². The Morgan fingerprint density at radius 3 is 2.77 bits per heavy atom. The van der Waals surface area contributed by atoms with Crippen molar-refractivity contribution in [2.24, 2.45) is 5.92 Å². The van der Waals surface area contributed by atoms with Crippen LogP contribution in [-0.2, 0) is 0 Å². The molecule has 0 amide bonds. The van der Waals surface area contributed by atoms with Crippen molar-refractivity contribution in [3.8, 4) is 5.75 Å². The molecular formula is C15H14ClF2N3O. The van der Waals surface area contributed by atoms with Gasteiger partial charge in [0.05, 0.1) is 11.9 Å². The summed E-state index contributed by atoms with van der Waals surface area (Å²) in [5.41, 5.74) is 0.566. The number of rotatable bonds is 4. The molecule has 1 aliphatic rings. The summed E-state index contributed by atoms with van der Waals surface area (Å²) < 4.78 is 33.3. The SMILES string of the molecule is Fc1ccc(F)c(O[C@H](c2cnccn2)C2CCNC2)c1Cl. The summed E-state index contributed by atoms with van der Waals surface area (Å²) in [6.07, 6.45) is 4.95. The molecule has 0 bridgehead atoms. The van der Waals surface area contributed by atoms with Gasteiger partial charge in [0, 0.05) is 24.9 Å². The van der Waals surface area contributed by atoms with Crippen LogP contribution in [0.15, 0.2) is 30.7 Å². The van der Waals surface area contributed by atoms with Crippen LogP contribution in [0.2, 0.25) is 5.02 Å². The Kier molecular flexibility index (Phi) is 4.49. The van der Waals surface area contributed by atoms with Gasteiger partial charge in [0.15, 0.2) is 11.6 Å². The monoisotopic (exact) mass is 325 g/mol. The molecule has 2 aromatic rings. The number of nitrogens with one attached hydrogen (secondary N) is 1. The van der Waals surface area contributed by atoms with E-state index in [1.165, 1.54) is 6.20 Å². The summed E-state index contributed by atoms with van der Waals surface area (Å²) in [5.74, 6) is -1.63. The Bertz CT molecular complexity index is 651. The third-order valence-corrected chi connectivity index (χ3v) is 4.00. The van der Waals surface area contributed by atoms with E-state index in [4.69, 9.17) is 16.3 Å². The zero-order chi connectivity index (χ0) is 15.5. The van der Waals surface area contributed by atoms with E-state index in [1.54, 1.807) is 12.4 Å². The summed E-state index contributed by atoms with van der Waals surface area (Å²) in [5, 5.41) is 2.86. The third-order valence-electron chi connectivity index (χ3n) is 3.65. The molecule has 0 saturated carbocycles. The highest BCUT2D eigenvalue weighted by Crippen LogP contribution is 2.37. The average molecular weight is 326 g/mol. The van der Waals surface area contributed by atoms with Crippen LogP contribution in [0.25, 0.3) is 0 Å². The Labute approximate surface area is 131 Å². The van der Waals surface area contributed by atoms with Gasteiger partial charge in [-0.25, -0.2) is 8.78 Å². The molecule has 1 unspecified atom stereocenters. The van der Waals surface area contributed by atoms with E-state index in [2.05, 4.69) is 15.3 Å². The lowest BCUT2D eigenvalue weighted by Gasteiger charge is -2.24. The van der Waals surface area contributed by atoms with E-state index in [-0.39, 0.29) is 16.7 Å². The molecule has 4 nitrogen and oxygen atoms in total. The highest BCUT2D eigenvalue weighted by molar-refractivity contribution is 6.32. The van der Waals surface area contributed by atoms with Gasteiger partial charge in [0.1, 0.15) is 16.9 Å². The molecule has 2 atom stereocenters. The minimum atomic E-state index is -0.722. The molecule has 1 aromatic heterocycles. The smallest absolute Gasteiger partial charge is 0.177 e. The van der Waals surface area contributed by atoms with Crippen molar-refractivity contribution in [2.75, 3.05) is 13.1 Å².